The number of amides is 1. The predicted octanol–water partition coefficient (Wildman–Crippen LogP) is 0.140. The van der Waals surface area contributed by atoms with Crippen molar-refractivity contribution in [1.29, 1.82) is 0 Å². The molecule has 0 aliphatic rings. The highest BCUT2D eigenvalue weighted by Crippen LogP contribution is 2.06. The summed E-state index contributed by atoms with van der Waals surface area (Å²) >= 11 is 0. The van der Waals surface area contributed by atoms with Gasteiger partial charge in [0.05, 0.1) is 5.69 Å². The molecule has 24 heavy (non-hydrogen) atoms. The first-order chi connectivity index (χ1) is 11.5. The Morgan fingerprint density at radius 3 is 2.83 bits per heavy atom. The normalized spacial score (nSPS) is 10.8. The van der Waals surface area contributed by atoms with Crippen molar-refractivity contribution in [1.82, 2.24) is 29.7 Å². The highest BCUT2D eigenvalue weighted by molar-refractivity contribution is 5.90. The lowest BCUT2D eigenvalue weighted by Gasteiger charge is -2.11. The second-order valence-electron chi connectivity index (χ2n) is 5.42. The van der Waals surface area contributed by atoms with E-state index in [9.17, 15) is 4.79 Å². The molecule has 9 heteroatoms. The van der Waals surface area contributed by atoms with E-state index in [4.69, 9.17) is 5.73 Å². The van der Waals surface area contributed by atoms with E-state index in [1.54, 1.807) is 19.0 Å². The molecule has 0 radical (unpaired) electrons. The van der Waals surface area contributed by atoms with Gasteiger partial charge in [0.25, 0.3) is 5.91 Å². The molecule has 9 nitrogen and oxygen atoms in total. The van der Waals surface area contributed by atoms with Gasteiger partial charge in [-0.1, -0.05) is 6.07 Å². The van der Waals surface area contributed by atoms with Crippen LogP contribution in [0.5, 0.6) is 0 Å². The molecule has 3 heterocycles. The number of nitrogens with zero attached hydrogens (tertiary/aromatic N) is 6. The molecule has 0 saturated carbocycles. The zero-order valence-electron chi connectivity index (χ0n) is 13.5. The van der Waals surface area contributed by atoms with Crippen molar-refractivity contribution in [2.24, 2.45) is 0 Å². The van der Waals surface area contributed by atoms with Gasteiger partial charge in [-0.2, -0.15) is 15.0 Å². The maximum Gasteiger partial charge on any atom is 0.289 e. The molecule has 0 aromatic carbocycles. The summed E-state index contributed by atoms with van der Waals surface area (Å²) in [5.74, 6) is -0.0376. The summed E-state index contributed by atoms with van der Waals surface area (Å²) in [7, 11) is 3.53. The van der Waals surface area contributed by atoms with Crippen LogP contribution in [0.25, 0.3) is 5.65 Å². The maximum atomic E-state index is 12.2. The summed E-state index contributed by atoms with van der Waals surface area (Å²) in [4.78, 5) is 30.2. The molecule has 0 fully saturated rings. The molecule has 0 spiro atoms. The van der Waals surface area contributed by atoms with Crippen LogP contribution < -0.4 is 16.0 Å². The van der Waals surface area contributed by atoms with Crippen molar-refractivity contribution in [2.45, 2.75) is 6.42 Å². The van der Waals surface area contributed by atoms with Crippen LogP contribution in [0.1, 0.15) is 16.3 Å². The van der Waals surface area contributed by atoms with Crippen LogP contribution in [0.4, 0.5) is 11.9 Å². The Balaban J connectivity index is 1.63. The van der Waals surface area contributed by atoms with Gasteiger partial charge in [0.2, 0.25) is 17.7 Å². The van der Waals surface area contributed by atoms with Crippen molar-refractivity contribution in [3.05, 3.63) is 42.1 Å². The minimum absolute atomic E-state index is 0.00111. The van der Waals surface area contributed by atoms with Crippen molar-refractivity contribution < 1.29 is 4.79 Å². The van der Waals surface area contributed by atoms with E-state index in [1.165, 1.54) is 0 Å². The standard InChI is InChI=1S/C15H18N8O/c1-22(2)15-20-12(19-14(16)21-15)13(24)17-7-6-10-9-23-8-4-3-5-11(23)18-10/h3-5,8-9H,6-7H2,1-2H3,(H,17,24)(H2,16,19,20,21). The lowest BCUT2D eigenvalue weighted by molar-refractivity contribution is 0.0943. The first kappa shape index (κ1) is 15.7. The number of carbonyl (C=O) groups excluding carboxylic acids is 1. The van der Waals surface area contributed by atoms with Gasteiger partial charge in [-0.15, -0.1) is 0 Å². The Bertz CT molecular complexity index is 840. The first-order valence-electron chi connectivity index (χ1n) is 7.42. The molecule has 0 aliphatic heterocycles. The number of aromatic nitrogens is 5. The Hall–Kier alpha value is -3.23. The van der Waals surface area contributed by atoms with Crippen molar-refractivity contribution in [2.75, 3.05) is 31.3 Å². The smallest absolute Gasteiger partial charge is 0.289 e. The largest absolute Gasteiger partial charge is 0.368 e. The average molecular weight is 326 g/mol. The zero-order chi connectivity index (χ0) is 17.1. The molecular formula is C15H18N8O. The molecule has 3 N–H and O–H groups in total. The summed E-state index contributed by atoms with van der Waals surface area (Å²) in [6.07, 6.45) is 4.47. The van der Waals surface area contributed by atoms with Crippen LogP contribution in [0.15, 0.2) is 30.6 Å². The number of nitrogens with one attached hydrogen (secondary N) is 1. The SMILES string of the molecule is CN(C)c1nc(N)nc(C(=O)NCCc2cn3ccccc3n2)n1. The highest BCUT2D eigenvalue weighted by Gasteiger charge is 2.13. The van der Waals surface area contributed by atoms with E-state index in [2.05, 4.69) is 25.3 Å². The third kappa shape index (κ3) is 3.40. The van der Waals surface area contributed by atoms with Crippen molar-refractivity contribution >= 4 is 23.5 Å². The Morgan fingerprint density at radius 1 is 1.25 bits per heavy atom. The first-order valence-corrected chi connectivity index (χ1v) is 7.42. The fraction of sp³-hybridized carbons (Fsp3) is 0.267. The number of hydrogen-bond donors (Lipinski definition) is 2. The molecule has 124 valence electrons. The fourth-order valence-electron chi connectivity index (χ4n) is 2.17. The summed E-state index contributed by atoms with van der Waals surface area (Å²) in [5.41, 5.74) is 7.38. The van der Waals surface area contributed by atoms with E-state index in [0.29, 0.717) is 18.9 Å². The zero-order valence-corrected chi connectivity index (χ0v) is 13.5. The van der Waals surface area contributed by atoms with Gasteiger partial charge < -0.3 is 20.4 Å². The van der Waals surface area contributed by atoms with Gasteiger partial charge in [-0.05, 0) is 12.1 Å². The number of carbonyl (C=O) groups is 1. The van der Waals surface area contributed by atoms with Gasteiger partial charge >= 0.3 is 0 Å². The molecule has 0 saturated heterocycles. The van der Waals surface area contributed by atoms with E-state index >= 15 is 0 Å². The quantitative estimate of drug-likeness (QED) is 0.685. The second kappa shape index (κ2) is 6.49. The number of rotatable bonds is 5. The van der Waals surface area contributed by atoms with Crippen LogP contribution >= 0.6 is 0 Å². The summed E-state index contributed by atoms with van der Waals surface area (Å²) in [6.45, 7) is 0.422. The van der Waals surface area contributed by atoms with Crippen molar-refractivity contribution in [3.63, 3.8) is 0 Å². The monoisotopic (exact) mass is 326 g/mol. The maximum absolute atomic E-state index is 12.2. The molecule has 0 aliphatic carbocycles. The van der Waals surface area contributed by atoms with Gasteiger partial charge in [0.1, 0.15) is 5.65 Å². The number of anilines is 2. The number of pyridine rings is 1. The van der Waals surface area contributed by atoms with Crippen LogP contribution in [0.3, 0.4) is 0 Å². The van der Waals surface area contributed by atoms with Crippen LogP contribution in [-0.4, -0.2) is 50.9 Å². The Labute approximate surface area is 138 Å². The fourth-order valence-corrected chi connectivity index (χ4v) is 2.17. The van der Waals surface area contributed by atoms with Gasteiger partial charge in [-0.3, -0.25) is 4.79 Å². The molecular weight excluding hydrogens is 308 g/mol. The molecule has 1 amide bonds. The Morgan fingerprint density at radius 2 is 2.08 bits per heavy atom. The van der Waals surface area contributed by atoms with Gasteiger partial charge in [0.15, 0.2) is 0 Å². The van der Waals surface area contributed by atoms with E-state index in [1.807, 2.05) is 35.0 Å². The summed E-state index contributed by atoms with van der Waals surface area (Å²) < 4.78 is 1.94. The third-order valence-electron chi connectivity index (χ3n) is 3.32. The number of fused-ring (bicyclic) bond motifs is 1. The lowest BCUT2D eigenvalue weighted by Crippen LogP contribution is -2.29. The average Bonchev–Trinajstić information content (AvgIpc) is 2.96. The molecule has 3 rings (SSSR count). The van der Waals surface area contributed by atoms with Crippen LogP contribution in [0, 0.1) is 0 Å². The number of nitrogen functional groups attached to an aromatic ring is 1. The number of hydrogen-bond acceptors (Lipinski definition) is 7. The molecule has 0 unspecified atom stereocenters. The van der Waals surface area contributed by atoms with E-state index < -0.39 is 5.91 Å². The molecule has 3 aromatic rings. The van der Waals surface area contributed by atoms with Crippen LogP contribution in [-0.2, 0) is 6.42 Å². The van der Waals surface area contributed by atoms with Gasteiger partial charge in [0, 0.05) is 39.5 Å². The third-order valence-corrected chi connectivity index (χ3v) is 3.32. The minimum atomic E-state index is -0.393. The van der Waals surface area contributed by atoms with E-state index in [0.717, 1.165) is 11.3 Å². The summed E-state index contributed by atoms with van der Waals surface area (Å²) in [6, 6.07) is 5.80. The Kier molecular flexibility index (Phi) is 4.23. The second-order valence-corrected chi connectivity index (χ2v) is 5.42. The molecule has 0 bridgehead atoms. The number of imidazole rings is 1. The van der Waals surface area contributed by atoms with Crippen molar-refractivity contribution in [3.8, 4) is 0 Å². The van der Waals surface area contributed by atoms with Crippen LogP contribution in [0.2, 0.25) is 0 Å². The molecule has 0 atom stereocenters. The lowest BCUT2D eigenvalue weighted by atomic mass is 10.3. The van der Waals surface area contributed by atoms with E-state index in [-0.39, 0.29) is 11.8 Å². The van der Waals surface area contributed by atoms with Gasteiger partial charge in [-0.25, -0.2) is 4.98 Å². The highest BCUT2D eigenvalue weighted by atomic mass is 16.2. The number of nitrogens with two attached hydrogens (primary N) is 1. The summed E-state index contributed by atoms with van der Waals surface area (Å²) in [5, 5.41) is 2.77. The predicted molar refractivity (Wildman–Crippen MR) is 89.8 cm³/mol. The minimum Gasteiger partial charge on any atom is -0.368 e. The topological polar surface area (TPSA) is 114 Å². The molecule has 3 aromatic heterocycles.